The van der Waals surface area contributed by atoms with Gasteiger partial charge in [-0.1, -0.05) is 84.9 Å². The zero-order valence-electron chi connectivity index (χ0n) is 22.4. The summed E-state index contributed by atoms with van der Waals surface area (Å²) in [7, 11) is 0. The second-order valence-electron chi connectivity index (χ2n) is 9.49. The summed E-state index contributed by atoms with van der Waals surface area (Å²) in [4.78, 5) is 4.54. The number of fused-ring (bicyclic) bond motifs is 1. The first-order valence-electron chi connectivity index (χ1n) is 13.0. The molecule has 186 valence electrons. The van der Waals surface area contributed by atoms with E-state index >= 15 is 0 Å². The first-order valence-corrected chi connectivity index (χ1v) is 13.0. The molecule has 0 heterocycles. The highest BCUT2D eigenvalue weighted by Gasteiger charge is 2.10. The predicted molar refractivity (Wildman–Crippen MR) is 165 cm³/mol. The van der Waals surface area contributed by atoms with Crippen LogP contribution in [0.2, 0.25) is 0 Å². The van der Waals surface area contributed by atoms with Gasteiger partial charge in [-0.3, -0.25) is 0 Å². The van der Waals surface area contributed by atoms with E-state index in [9.17, 15) is 5.26 Å². The number of aryl methyl sites for hydroxylation is 1. The van der Waals surface area contributed by atoms with Crippen LogP contribution in [0, 0.1) is 30.2 Å². The summed E-state index contributed by atoms with van der Waals surface area (Å²) in [5.74, 6) is 3.22. The molecule has 0 atom stereocenters. The molecule has 39 heavy (non-hydrogen) atoms. The van der Waals surface area contributed by atoms with Gasteiger partial charge >= 0.3 is 0 Å². The minimum Gasteiger partial charge on any atom is -0.202 e. The molecule has 0 bridgehead atoms. The number of hydrogen-bond acceptors (Lipinski definition) is 2. The Bertz CT molecular complexity index is 1850. The third kappa shape index (κ3) is 5.57. The summed E-state index contributed by atoms with van der Waals surface area (Å²) >= 11 is 0. The largest absolute Gasteiger partial charge is 0.202 e. The van der Waals surface area contributed by atoms with E-state index in [1.807, 2.05) is 50.3 Å². The molecule has 0 fully saturated rings. The molecular weight excluding hydrogens is 472 g/mol. The van der Waals surface area contributed by atoms with E-state index in [-0.39, 0.29) is 0 Å². The van der Waals surface area contributed by atoms with E-state index in [0.717, 1.165) is 49.9 Å². The first kappa shape index (κ1) is 25.5. The quantitative estimate of drug-likeness (QED) is 0.179. The van der Waals surface area contributed by atoms with Crippen molar-refractivity contribution in [1.29, 1.82) is 5.26 Å². The van der Waals surface area contributed by atoms with Gasteiger partial charge in [-0.25, -0.2) is 4.99 Å². The van der Waals surface area contributed by atoms with Gasteiger partial charge in [0.25, 0.3) is 0 Å². The van der Waals surface area contributed by atoms with Crippen molar-refractivity contribution < 1.29 is 0 Å². The minimum absolute atomic E-state index is 0.658. The summed E-state index contributed by atoms with van der Waals surface area (Å²) in [6.07, 6.45) is 4.16. The Balaban J connectivity index is 1.48. The van der Waals surface area contributed by atoms with Crippen LogP contribution >= 0.6 is 0 Å². The van der Waals surface area contributed by atoms with Crippen LogP contribution in [0.1, 0.15) is 41.7 Å². The maximum Gasteiger partial charge on any atom is 0.0991 e. The Kier molecular flexibility index (Phi) is 7.49. The Morgan fingerprint density at radius 3 is 2.03 bits per heavy atom. The van der Waals surface area contributed by atoms with Crippen molar-refractivity contribution in [2.75, 3.05) is 0 Å². The number of hydrogen-bond donors (Lipinski definition) is 0. The molecule has 2 nitrogen and oxygen atoms in total. The van der Waals surface area contributed by atoms with E-state index in [4.69, 9.17) is 0 Å². The number of aliphatic imine (C=N–C) groups is 1. The van der Waals surface area contributed by atoms with Crippen LogP contribution < -0.4 is 0 Å². The molecule has 5 aromatic rings. The summed E-state index contributed by atoms with van der Waals surface area (Å²) in [5.41, 5.74) is 10.4. The second-order valence-corrected chi connectivity index (χ2v) is 9.49. The van der Waals surface area contributed by atoms with Crippen molar-refractivity contribution in [3.05, 3.63) is 137 Å². The summed E-state index contributed by atoms with van der Waals surface area (Å²) in [6.45, 7) is 6.13. The molecule has 0 aliphatic carbocycles. The van der Waals surface area contributed by atoms with Crippen molar-refractivity contribution in [2.24, 2.45) is 4.99 Å². The lowest BCUT2D eigenvalue weighted by molar-refractivity contribution is 1.42. The highest BCUT2D eigenvalue weighted by Crippen LogP contribution is 2.36. The van der Waals surface area contributed by atoms with Gasteiger partial charge in [0, 0.05) is 11.6 Å². The summed E-state index contributed by atoms with van der Waals surface area (Å²) in [5, 5.41) is 11.7. The van der Waals surface area contributed by atoms with E-state index in [2.05, 4.69) is 109 Å². The van der Waals surface area contributed by atoms with Gasteiger partial charge in [0.2, 0.25) is 0 Å². The molecule has 2 heteroatoms. The maximum absolute atomic E-state index is 9.36. The third-order valence-corrected chi connectivity index (χ3v) is 6.87. The lowest BCUT2D eigenvalue weighted by atomic mass is 9.91. The van der Waals surface area contributed by atoms with Gasteiger partial charge in [0.05, 0.1) is 17.3 Å². The summed E-state index contributed by atoms with van der Waals surface area (Å²) in [6, 6.07) is 40.4. The Hall–Kier alpha value is -5.18. The smallest absolute Gasteiger partial charge is 0.0991 e. The molecule has 0 spiro atoms. The molecule has 0 aromatic heterocycles. The third-order valence-electron chi connectivity index (χ3n) is 6.87. The molecule has 0 radical (unpaired) electrons. The van der Waals surface area contributed by atoms with Crippen LogP contribution in [0.25, 0.3) is 39.1 Å². The standard InChI is InChI=1S/C37H28N2/c1-4-9-30-24-31(17-16-26(30)2)27(3)39-21-20-28-10-7-12-32(22-28)34-18-19-35(37-15-6-5-14-36(34)37)33-13-8-11-29(23-33)25-38/h4-19,22-24H,1-3H3/b9-4-,39-27?. The summed E-state index contributed by atoms with van der Waals surface area (Å²) < 4.78 is 0. The zero-order valence-corrected chi connectivity index (χ0v) is 22.4. The fourth-order valence-electron chi connectivity index (χ4n) is 4.79. The normalized spacial score (nSPS) is 11.3. The van der Waals surface area contributed by atoms with E-state index < -0.39 is 0 Å². The molecule has 0 aliphatic heterocycles. The van der Waals surface area contributed by atoms with Crippen LogP contribution in [-0.4, -0.2) is 5.71 Å². The van der Waals surface area contributed by atoms with Crippen LogP contribution in [-0.2, 0) is 0 Å². The fourth-order valence-corrected chi connectivity index (χ4v) is 4.79. The lowest BCUT2D eigenvalue weighted by Gasteiger charge is -2.12. The van der Waals surface area contributed by atoms with E-state index in [1.54, 1.807) is 0 Å². The predicted octanol–water partition coefficient (Wildman–Crippen LogP) is 9.21. The number of allylic oxidation sites excluding steroid dienone is 1. The molecule has 0 aliphatic rings. The SMILES string of the molecule is C/C=C\c1cc(C(C)=NC#Cc2cccc(-c3ccc(-c4cccc(C#N)c4)c4ccccc34)c2)ccc1C. The van der Waals surface area contributed by atoms with Crippen LogP contribution in [0.15, 0.2) is 114 Å². The molecule has 0 saturated heterocycles. The molecular formula is C37H28N2. The first-order chi connectivity index (χ1) is 19.1. The van der Waals surface area contributed by atoms with Crippen molar-refractivity contribution in [3.8, 4) is 40.3 Å². The maximum atomic E-state index is 9.36. The van der Waals surface area contributed by atoms with Crippen LogP contribution in [0.4, 0.5) is 0 Å². The van der Waals surface area contributed by atoms with Gasteiger partial charge in [0.15, 0.2) is 0 Å². The topological polar surface area (TPSA) is 36.1 Å². The van der Waals surface area contributed by atoms with Gasteiger partial charge in [-0.2, -0.15) is 5.26 Å². The van der Waals surface area contributed by atoms with Crippen molar-refractivity contribution >= 4 is 22.6 Å². The Morgan fingerprint density at radius 1 is 0.744 bits per heavy atom. The minimum atomic E-state index is 0.658. The lowest BCUT2D eigenvalue weighted by Crippen LogP contribution is -1.95. The molecule has 0 unspecified atom stereocenters. The van der Waals surface area contributed by atoms with Gasteiger partial charge < -0.3 is 0 Å². The van der Waals surface area contributed by atoms with Crippen molar-refractivity contribution in [2.45, 2.75) is 20.8 Å². The second kappa shape index (κ2) is 11.5. The van der Waals surface area contributed by atoms with Gasteiger partial charge in [-0.05, 0) is 107 Å². The van der Waals surface area contributed by atoms with E-state index in [1.165, 1.54) is 11.1 Å². The molecule has 0 saturated carbocycles. The average molecular weight is 501 g/mol. The number of nitrogens with zero attached hydrogens (tertiary/aromatic N) is 2. The van der Waals surface area contributed by atoms with Gasteiger partial charge in [-0.15, -0.1) is 0 Å². The molecule has 5 rings (SSSR count). The highest BCUT2D eigenvalue weighted by molar-refractivity contribution is 6.05. The zero-order chi connectivity index (χ0) is 27.2. The van der Waals surface area contributed by atoms with Crippen molar-refractivity contribution in [1.82, 2.24) is 0 Å². The van der Waals surface area contributed by atoms with E-state index in [0.29, 0.717) is 5.56 Å². The Morgan fingerprint density at radius 2 is 1.38 bits per heavy atom. The Labute approximate surface area is 230 Å². The van der Waals surface area contributed by atoms with Gasteiger partial charge in [0.1, 0.15) is 0 Å². The average Bonchev–Trinajstić information content (AvgIpc) is 2.98. The molecule has 5 aromatic carbocycles. The monoisotopic (exact) mass is 500 g/mol. The number of nitriles is 1. The number of rotatable bonds is 4. The number of benzene rings is 5. The van der Waals surface area contributed by atoms with Crippen LogP contribution in [0.3, 0.4) is 0 Å². The van der Waals surface area contributed by atoms with Crippen LogP contribution in [0.5, 0.6) is 0 Å². The fraction of sp³-hybridized carbons (Fsp3) is 0.0811. The highest BCUT2D eigenvalue weighted by atomic mass is 14.7. The molecule has 0 N–H and O–H groups in total. The molecule has 0 amide bonds. The van der Waals surface area contributed by atoms with Crippen molar-refractivity contribution in [3.63, 3.8) is 0 Å².